The Balaban J connectivity index is 3.10. The summed E-state index contributed by atoms with van der Waals surface area (Å²) in [5.41, 5.74) is 7.34. The van der Waals surface area contributed by atoms with Crippen LogP contribution in [0.3, 0.4) is 0 Å². The van der Waals surface area contributed by atoms with Gasteiger partial charge in [-0.15, -0.1) is 0 Å². The molecule has 7 heteroatoms. The second-order valence-corrected chi connectivity index (χ2v) is 4.48. The number of rotatable bonds is 5. The molecular weight excluding hydrogens is 272 g/mol. The van der Waals surface area contributed by atoms with Gasteiger partial charge in [-0.05, 0) is 12.0 Å². The van der Waals surface area contributed by atoms with Gasteiger partial charge >= 0.3 is 0 Å². The Bertz CT molecular complexity index is 538. The Morgan fingerprint density at radius 3 is 2.33 bits per heavy atom. The SMILES string of the molecule is CC[C@@H](c1ccccc1)N(C)C(=O)/C(C(=O)NN)=C(\N)O. The first-order valence-electron chi connectivity index (χ1n) is 6.45. The largest absolute Gasteiger partial charge is 0.494 e. The number of nitrogens with zero attached hydrogens (tertiary/aromatic N) is 1. The van der Waals surface area contributed by atoms with Crippen LogP contribution in [0.25, 0.3) is 0 Å². The summed E-state index contributed by atoms with van der Waals surface area (Å²) in [5.74, 6) is 2.50. The monoisotopic (exact) mass is 292 g/mol. The van der Waals surface area contributed by atoms with Gasteiger partial charge in [-0.1, -0.05) is 37.3 Å². The molecule has 0 fully saturated rings. The van der Waals surface area contributed by atoms with Gasteiger partial charge in [0, 0.05) is 7.05 Å². The van der Waals surface area contributed by atoms with Crippen LogP contribution in [-0.4, -0.2) is 28.9 Å². The van der Waals surface area contributed by atoms with E-state index in [1.165, 1.54) is 11.9 Å². The Labute approximate surface area is 123 Å². The van der Waals surface area contributed by atoms with Crippen LogP contribution in [0.15, 0.2) is 41.8 Å². The Kier molecular flexibility index (Phi) is 5.74. The molecule has 1 aromatic carbocycles. The quantitative estimate of drug-likeness (QED) is 0.118. The summed E-state index contributed by atoms with van der Waals surface area (Å²) in [4.78, 5) is 25.3. The lowest BCUT2D eigenvalue weighted by molar-refractivity contribution is -0.131. The van der Waals surface area contributed by atoms with E-state index in [1.54, 1.807) is 5.43 Å². The van der Waals surface area contributed by atoms with Gasteiger partial charge in [0.1, 0.15) is 0 Å². The maximum Gasteiger partial charge on any atom is 0.276 e. The standard InChI is InChI=1S/C14H20N4O3/c1-3-10(9-7-5-4-6-8-9)18(2)14(21)11(12(15)19)13(20)17-16/h4-8,10,19H,3,15-16H2,1-2H3,(H,17,20)/b12-11+/t10-/m0/s1. The summed E-state index contributed by atoms with van der Waals surface area (Å²) in [6.45, 7) is 1.91. The van der Waals surface area contributed by atoms with E-state index in [0.29, 0.717) is 6.42 Å². The Morgan fingerprint density at radius 2 is 1.90 bits per heavy atom. The molecule has 0 aliphatic heterocycles. The summed E-state index contributed by atoms with van der Waals surface area (Å²) >= 11 is 0. The molecule has 0 unspecified atom stereocenters. The van der Waals surface area contributed by atoms with Crippen LogP contribution in [0.1, 0.15) is 24.9 Å². The van der Waals surface area contributed by atoms with Crippen molar-refractivity contribution in [2.24, 2.45) is 11.6 Å². The van der Waals surface area contributed by atoms with Crippen LogP contribution in [0, 0.1) is 0 Å². The fraction of sp³-hybridized carbons (Fsp3) is 0.286. The summed E-state index contributed by atoms with van der Waals surface area (Å²) in [5, 5.41) is 9.35. The highest BCUT2D eigenvalue weighted by molar-refractivity contribution is 6.18. The zero-order valence-electron chi connectivity index (χ0n) is 12.0. The summed E-state index contributed by atoms with van der Waals surface area (Å²) in [7, 11) is 1.54. The molecule has 0 heterocycles. The molecule has 21 heavy (non-hydrogen) atoms. The Hall–Kier alpha value is -2.54. The lowest BCUT2D eigenvalue weighted by atomic mass is 10.0. The van der Waals surface area contributed by atoms with Crippen LogP contribution in [-0.2, 0) is 9.59 Å². The van der Waals surface area contributed by atoms with Crippen molar-refractivity contribution < 1.29 is 14.7 Å². The maximum absolute atomic E-state index is 12.4. The molecule has 2 amide bonds. The fourth-order valence-electron chi connectivity index (χ4n) is 2.12. The number of likely N-dealkylation sites (N-methyl/N-ethyl adjacent to an activating group) is 1. The molecule has 1 atom stereocenters. The van der Waals surface area contributed by atoms with E-state index >= 15 is 0 Å². The van der Waals surface area contributed by atoms with E-state index in [2.05, 4.69) is 0 Å². The number of amides is 2. The second-order valence-electron chi connectivity index (χ2n) is 4.48. The number of aliphatic hydroxyl groups is 1. The third-order valence-corrected chi connectivity index (χ3v) is 3.19. The van der Waals surface area contributed by atoms with Gasteiger partial charge in [-0.3, -0.25) is 15.0 Å². The minimum atomic E-state index is -0.935. The van der Waals surface area contributed by atoms with E-state index in [4.69, 9.17) is 11.6 Å². The summed E-state index contributed by atoms with van der Waals surface area (Å²) in [6, 6.07) is 9.11. The van der Waals surface area contributed by atoms with Gasteiger partial charge in [-0.25, -0.2) is 5.84 Å². The molecule has 1 rings (SSSR count). The average molecular weight is 292 g/mol. The van der Waals surface area contributed by atoms with E-state index < -0.39 is 23.3 Å². The van der Waals surface area contributed by atoms with E-state index in [0.717, 1.165) is 5.56 Å². The third kappa shape index (κ3) is 3.73. The highest BCUT2D eigenvalue weighted by atomic mass is 16.3. The van der Waals surface area contributed by atoms with Gasteiger partial charge in [-0.2, -0.15) is 0 Å². The lowest BCUT2D eigenvalue weighted by Gasteiger charge is -2.28. The lowest BCUT2D eigenvalue weighted by Crippen LogP contribution is -2.41. The highest BCUT2D eigenvalue weighted by Crippen LogP contribution is 2.24. The van der Waals surface area contributed by atoms with Crippen LogP contribution >= 0.6 is 0 Å². The molecule has 0 bridgehead atoms. The van der Waals surface area contributed by atoms with Crippen molar-refractivity contribution in [2.75, 3.05) is 7.05 Å². The van der Waals surface area contributed by atoms with Gasteiger partial charge in [0.05, 0.1) is 6.04 Å². The van der Waals surface area contributed by atoms with Crippen molar-refractivity contribution in [1.82, 2.24) is 10.3 Å². The molecule has 7 nitrogen and oxygen atoms in total. The predicted octanol–water partition coefficient (Wildman–Crippen LogP) is 0.314. The summed E-state index contributed by atoms with van der Waals surface area (Å²) < 4.78 is 0. The molecule has 0 aliphatic carbocycles. The maximum atomic E-state index is 12.4. The minimum Gasteiger partial charge on any atom is -0.494 e. The third-order valence-electron chi connectivity index (χ3n) is 3.19. The van der Waals surface area contributed by atoms with Crippen LogP contribution in [0.2, 0.25) is 0 Å². The first kappa shape index (κ1) is 16.5. The highest BCUT2D eigenvalue weighted by Gasteiger charge is 2.29. The second kappa shape index (κ2) is 7.30. The molecule has 0 spiro atoms. The zero-order chi connectivity index (χ0) is 16.0. The number of nitrogens with one attached hydrogen (secondary N) is 1. The number of nitrogens with two attached hydrogens (primary N) is 2. The summed E-state index contributed by atoms with van der Waals surface area (Å²) in [6.07, 6.45) is 0.634. The predicted molar refractivity (Wildman–Crippen MR) is 78.4 cm³/mol. The number of benzene rings is 1. The minimum absolute atomic E-state index is 0.251. The fourth-order valence-corrected chi connectivity index (χ4v) is 2.12. The molecule has 0 saturated heterocycles. The normalized spacial score (nSPS) is 13.1. The van der Waals surface area contributed by atoms with Crippen molar-refractivity contribution >= 4 is 11.8 Å². The van der Waals surface area contributed by atoms with Crippen molar-refractivity contribution in [1.29, 1.82) is 0 Å². The van der Waals surface area contributed by atoms with Crippen LogP contribution < -0.4 is 17.0 Å². The van der Waals surface area contributed by atoms with Gasteiger partial charge in [0.25, 0.3) is 11.8 Å². The first-order valence-corrected chi connectivity index (χ1v) is 6.45. The van der Waals surface area contributed by atoms with Crippen molar-refractivity contribution in [3.63, 3.8) is 0 Å². The molecule has 0 aromatic heterocycles. The topological polar surface area (TPSA) is 122 Å². The van der Waals surface area contributed by atoms with Crippen molar-refractivity contribution in [3.8, 4) is 0 Å². The number of hydrogen-bond donors (Lipinski definition) is 4. The Morgan fingerprint density at radius 1 is 1.33 bits per heavy atom. The van der Waals surface area contributed by atoms with Crippen molar-refractivity contribution in [2.45, 2.75) is 19.4 Å². The van der Waals surface area contributed by atoms with Gasteiger partial charge < -0.3 is 15.7 Å². The molecular formula is C14H20N4O3. The van der Waals surface area contributed by atoms with Crippen molar-refractivity contribution in [3.05, 3.63) is 47.4 Å². The van der Waals surface area contributed by atoms with E-state index in [-0.39, 0.29) is 6.04 Å². The molecule has 1 aromatic rings. The molecule has 0 radical (unpaired) electrons. The van der Waals surface area contributed by atoms with Crippen LogP contribution in [0.5, 0.6) is 0 Å². The first-order chi connectivity index (χ1) is 9.93. The number of aliphatic hydroxyl groups excluding tert-OH is 1. The number of hydrazine groups is 1. The zero-order valence-corrected chi connectivity index (χ0v) is 12.0. The van der Waals surface area contributed by atoms with Gasteiger partial charge in [0.2, 0.25) is 0 Å². The number of carbonyl (C=O) groups excluding carboxylic acids is 2. The average Bonchev–Trinajstić information content (AvgIpc) is 2.48. The number of carbonyl (C=O) groups is 2. The van der Waals surface area contributed by atoms with Crippen LogP contribution in [0.4, 0.5) is 0 Å². The van der Waals surface area contributed by atoms with E-state index in [1.807, 2.05) is 37.3 Å². The van der Waals surface area contributed by atoms with Gasteiger partial charge in [0.15, 0.2) is 11.5 Å². The smallest absolute Gasteiger partial charge is 0.276 e. The molecule has 6 N–H and O–H groups in total. The molecule has 114 valence electrons. The van der Waals surface area contributed by atoms with E-state index in [9.17, 15) is 14.7 Å². The molecule has 0 saturated carbocycles. The molecule has 0 aliphatic rings. The number of hydrogen-bond acceptors (Lipinski definition) is 5.